The van der Waals surface area contributed by atoms with Crippen LogP contribution in [-0.4, -0.2) is 30.1 Å². The molecule has 0 amide bonds. The Bertz CT molecular complexity index is 1160. The topological polar surface area (TPSA) is 80.3 Å². The minimum absolute atomic E-state index is 0.00587. The van der Waals surface area contributed by atoms with E-state index in [9.17, 15) is 5.11 Å². The largest absolute Gasteiger partial charge is 0.508 e. The molecular weight excluding hydrogens is 364 g/mol. The molecule has 0 saturated carbocycles. The van der Waals surface area contributed by atoms with Gasteiger partial charge in [-0.05, 0) is 48.9 Å². The minimum atomic E-state index is -0.00587. The fourth-order valence-corrected chi connectivity index (χ4v) is 3.76. The van der Waals surface area contributed by atoms with Crippen LogP contribution in [0.5, 0.6) is 5.75 Å². The van der Waals surface area contributed by atoms with Gasteiger partial charge in [0.25, 0.3) is 0 Å². The lowest BCUT2D eigenvalue weighted by atomic mass is 9.99. The normalized spacial score (nSPS) is 15.9. The van der Waals surface area contributed by atoms with Crippen molar-refractivity contribution in [1.29, 1.82) is 0 Å². The molecule has 29 heavy (non-hydrogen) atoms. The lowest BCUT2D eigenvalue weighted by Gasteiger charge is -2.14. The summed E-state index contributed by atoms with van der Waals surface area (Å²) >= 11 is 0. The number of aromatic nitrogens is 4. The number of hydrazone groups is 1. The Balaban J connectivity index is 1.56. The molecule has 0 saturated heterocycles. The number of rotatable bonds is 4. The van der Waals surface area contributed by atoms with Gasteiger partial charge in [-0.2, -0.15) is 10.2 Å². The van der Waals surface area contributed by atoms with E-state index in [1.54, 1.807) is 24.7 Å². The monoisotopic (exact) mass is 384 g/mol. The van der Waals surface area contributed by atoms with Gasteiger partial charge in [0.15, 0.2) is 0 Å². The lowest BCUT2D eigenvalue weighted by molar-refractivity contribution is 0.475. The molecule has 1 unspecified atom stereocenters. The van der Waals surface area contributed by atoms with Crippen molar-refractivity contribution in [1.82, 2.24) is 24.8 Å². The zero-order valence-corrected chi connectivity index (χ0v) is 15.9. The summed E-state index contributed by atoms with van der Waals surface area (Å²) in [5.74, 6) is 1.20. The molecule has 1 atom stereocenters. The highest BCUT2D eigenvalue weighted by molar-refractivity contribution is 6.02. The molecule has 1 aliphatic heterocycles. The SMILES string of the molecule is Cc1nn(-c2ccccc2)c(-n2ccnc2)c1C1CC(c2ccc(O)cc2)=NN1. The van der Waals surface area contributed by atoms with Crippen LogP contribution in [0.3, 0.4) is 0 Å². The molecule has 1 aliphatic rings. The highest BCUT2D eigenvalue weighted by atomic mass is 16.3. The molecule has 3 heterocycles. The molecule has 0 radical (unpaired) electrons. The minimum Gasteiger partial charge on any atom is -0.508 e. The number of para-hydroxylation sites is 1. The molecule has 144 valence electrons. The fourth-order valence-electron chi connectivity index (χ4n) is 3.76. The predicted molar refractivity (Wildman–Crippen MR) is 111 cm³/mol. The first-order valence-corrected chi connectivity index (χ1v) is 9.45. The van der Waals surface area contributed by atoms with Crippen molar-refractivity contribution in [2.75, 3.05) is 0 Å². The average Bonchev–Trinajstić information content (AvgIpc) is 3.48. The van der Waals surface area contributed by atoms with Crippen LogP contribution in [-0.2, 0) is 0 Å². The van der Waals surface area contributed by atoms with E-state index in [-0.39, 0.29) is 11.8 Å². The van der Waals surface area contributed by atoms with Gasteiger partial charge in [0, 0.05) is 24.4 Å². The summed E-state index contributed by atoms with van der Waals surface area (Å²) in [4.78, 5) is 4.23. The van der Waals surface area contributed by atoms with Crippen molar-refractivity contribution in [3.8, 4) is 17.3 Å². The Hall–Kier alpha value is -3.87. The zero-order chi connectivity index (χ0) is 19.8. The van der Waals surface area contributed by atoms with E-state index in [0.29, 0.717) is 0 Å². The highest BCUT2D eigenvalue weighted by Gasteiger charge is 2.29. The van der Waals surface area contributed by atoms with Crippen LogP contribution in [0.1, 0.15) is 29.3 Å². The molecule has 7 nitrogen and oxygen atoms in total. The predicted octanol–water partition coefficient (Wildman–Crippen LogP) is 3.51. The third-order valence-corrected chi connectivity index (χ3v) is 5.13. The van der Waals surface area contributed by atoms with Crippen molar-refractivity contribution >= 4 is 5.71 Å². The van der Waals surface area contributed by atoms with Gasteiger partial charge in [-0.3, -0.25) is 4.57 Å². The van der Waals surface area contributed by atoms with E-state index < -0.39 is 0 Å². The first-order valence-electron chi connectivity index (χ1n) is 9.45. The molecule has 0 aliphatic carbocycles. The number of nitrogens with zero attached hydrogens (tertiary/aromatic N) is 5. The van der Waals surface area contributed by atoms with Gasteiger partial charge in [-0.15, -0.1) is 0 Å². The van der Waals surface area contributed by atoms with E-state index >= 15 is 0 Å². The average molecular weight is 384 g/mol. The van der Waals surface area contributed by atoms with Crippen LogP contribution in [0, 0.1) is 6.92 Å². The fraction of sp³-hybridized carbons (Fsp3) is 0.136. The Morgan fingerprint density at radius 3 is 2.59 bits per heavy atom. The van der Waals surface area contributed by atoms with Crippen LogP contribution < -0.4 is 5.43 Å². The highest BCUT2D eigenvalue weighted by Crippen LogP contribution is 2.33. The van der Waals surface area contributed by atoms with E-state index in [1.165, 1.54) is 0 Å². The second-order valence-corrected chi connectivity index (χ2v) is 7.03. The molecule has 2 aromatic heterocycles. The quantitative estimate of drug-likeness (QED) is 0.564. The van der Waals surface area contributed by atoms with E-state index in [4.69, 9.17) is 5.10 Å². The molecule has 4 aromatic rings. The maximum absolute atomic E-state index is 9.54. The van der Waals surface area contributed by atoms with Gasteiger partial charge >= 0.3 is 0 Å². The standard InChI is InChI=1S/C22H20N6O/c1-15-21(20-13-19(24-25-20)16-7-9-18(29)10-8-16)22(27-12-11-23-14-27)28(26-15)17-5-3-2-4-6-17/h2-12,14,20,25,29H,13H2,1H3. The van der Waals surface area contributed by atoms with Crippen molar-refractivity contribution in [2.24, 2.45) is 5.10 Å². The number of benzene rings is 2. The molecule has 0 bridgehead atoms. The van der Waals surface area contributed by atoms with Crippen LogP contribution >= 0.6 is 0 Å². The maximum atomic E-state index is 9.54. The molecule has 0 spiro atoms. The Kier molecular flexibility index (Phi) is 4.13. The number of hydrogen-bond donors (Lipinski definition) is 2. The number of aryl methyl sites for hydroxylation is 1. The van der Waals surface area contributed by atoms with E-state index in [0.717, 1.165) is 40.5 Å². The summed E-state index contributed by atoms with van der Waals surface area (Å²) < 4.78 is 3.94. The van der Waals surface area contributed by atoms with Crippen molar-refractivity contribution in [3.63, 3.8) is 0 Å². The van der Waals surface area contributed by atoms with Crippen molar-refractivity contribution < 1.29 is 5.11 Å². The number of phenols is 1. The molecule has 2 N–H and O–H groups in total. The Morgan fingerprint density at radius 2 is 1.86 bits per heavy atom. The second kappa shape index (κ2) is 6.94. The number of nitrogens with one attached hydrogen (secondary N) is 1. The smallest absolute Gasteiger partial charge is 0.147 e. The number of hydrogen-bond acceptors (Lipinski definition) is 5. The third kappa shape index (κ3) is 3.06. The summed E-state index contributed by atoms with van der Waals surface area (Å²) in [6.45, 7) is 2.02. The first kappa shape index (κ1) is 17.2. The van der Waals surface area contributed by atoms with Crippen LogP contribution in [0.15, 0.2) is 78.4 Å². The van der Waals surface area contributed by atoms with Gasteiger partial charge in [0.05, 0.1) is 23.1 Å². The number of phenolic OH excluding ortho intramolecular Hbond substituents is 1. The summed E-state index contributed by atoms with van der Waals surface area (Å²) in [5, 5.41) is 18.9. The molecular formula is C22H20N6O. The molecule has 7 heteroatoms. The number of aromatic hydroxyl groups is 1. The maximum Gasteiger partial charge on any atom is 0.147 e. The molecule has 0 fully saturated rings. The van der Waals surface area contributed by atoms with E-state index in [1.807, 2.05) is 64.8 Å². The summed E-state index contributed by atoms with van der Waals surface area (Å²) in [6, 6.07) is 17.2. The Labute approximate surface area is 168 Å². The lowest BCUT2D eigenvalue weighted by Crippen LogP contribution is -2.14. The van der Waals surface area contributed by atoms with Crippen LogP contribution in [0.2, 0.25) is 0 Å². The number of imidazole rings is 1. The molecule has 5 rings (SSSR count). The van der Waals surface area contributed by atoms with Crippen molar-refractivity contribution in [3.05, 3.63) is 90.1 Å². The van der Waals surface area contributed by atoms with E-state index in [2.05, 4.69) is 15.5 Å². The summed E-state index contributed by atoms with van der Waals surface area (Å²) in [6.07, 6.45) is 6.21. The van der Waals surface area contributed by atoms with Gasteiger partial charge in [-0.25, -0.2) is 9.67 Å². The van der Waals surface area contributed by atoms with Gasteiger partial charge < -0.3 is 10.5 Å². The van der Waals surface area contributed by atoms with Crippen LogP contribution in [0.25, 0.3) is 11.5 Å². The first-order chi connectivity index (χ1) is 14.2. The van der Waals surface area contributed by atoms with Gasteiger partial charge in [0.1, 0.15) is 17.9 Å². The third-order valence-electron chi connectivity index (χ3n) is 5.13. The Morgan fingerprint density at radius 1 is 1.07 bits per heavy atom. The van der Waals surface area contributed by atoms with Gasteiger partial charge in [-0.1, -0.05) is 18.2 Å². The summed E-state index contributed by atoms with van der Waals surface area (Å²) in [7, 11) is 0. The zero-order valence-electron chi connectivity index (χ0n) is 15.9. The summed E-state index contributed by atoms with van der Waals surface area (Å²) in [5.41, 5.74) is 8.25. The van der Waals surface area contributed by atoms with Crippen LogP contribution in [0.4, 0.5) is 0 Å². The van der Waals surface area contributed by atoms with Gasteiger partial charge in [0.2, 0.25) is 0 Å². The van der Waals surface area contributed by atoms with Crippen molar-refractivity contribution in [2.45, 2.75) is 19.4 Å². The second-order valence-electron chi connectivity index (χ2n) is 7.03. The molecule has 2 aromatic carbocycles.